The molecule has 0 fully saturated rings. The number of aryl methyl sites for hydroxylation is 2. The van der Waals surface area contributed by atoms with Gasteiger partial charge in [-0.1, -0.05) is 12.1 Å². The molecule has 0 unspecified atom stereocenters. The molecule has 1 aliphatic rings. The first-order valence-corrected chi connectivity index (χ1v) is 5.85. The number of benzene rings is 1. The van der Waals surface area contributed by atoms with E-state index in [9.17, 15) is 0 Å². The van der Waals surface area contributed by atoms with Gasteiger partial charge in [0.15, 0.2) is 0 Å². The molecule has 2 heteroatoms. The van der Waals surface area contributed by atoms with Crippen LogP contribution in [0.4, 0.5) is 0 Å². The minimum atomic E-state index is 0.793. The summed E-state index contributed by atoms with van der Waals surface area (Å²) in [6, 6.07) is 6.64. The molecule has 0 radical (unpaired) electrons. The average Bonchev–Trinajstić information content (AvgIpc) is 2.29. The third-order valence-electron chi connectivity index (χ3n) is 2.90. The number of nitrogens with two attached hydrogens (primary N) is 1. The van der Waals surface area contributed by atoms with Crippen LogP contribution in [0.15, 0.2) is 18.2 Å². The van der Waals surface area contributed by atoms with Crippen molar-refractivity contribution >= 4 is 0 Å². The molecular weight excluding hydrogens is 186 g/mol. The average molecular weight is 205 g/mol. The summed E-state index contributed by atoms with van der Waals surface area (Å²) < 4.78 is 5.65. The van der Waals surface area contributed by atoms with Gasteiger partial charge in [0.05, 0.1) is 6.61 Å². The summed E-state index contributed by atoms with van der Waals surface area (Å²) in [7, 11) is 0. The minimum Gasteiger partial charge on any atom is -0.493 e. The normalized spacial score (nSPS) is 14.5. The zero-order valence-electron chi connectivity index (χ0n) is 9.17. The molecule has 15 heavy (non-hydrogen) atoms. The first-order valence-electron chi connectivity index (χ1n) is 5.85. The summed E-state index contributed by atoms with van der Waals surface area (Å²) in [5.41, 5.74) is 8.22. The smallest absolute Gasteiger partial charge is 0.122 e. The van der Waals surface area contributed by atoms with Crippen molar-refractivity contribution in [2.75, 3.05) is 13.2 Å². The van der Waals surface area contributed by atoms with E-state index in [1.807, 2.05) is 0 Å². The van der Waals surface area contributed by atoms with Crippen LogP contribution in [0.5, 0.6) is 5.75 Å². The Hall–Kier alpha value is -1.02. The van der Waals surface area contributed by atoms with Crippen LogP contribution < -0.4 is 10.5 Å². The van der Waals surface area contributed by atoms with Crippen LogP contribution in [-0.2, 0) is 12.8 Å². The third kappa shape index (κ3) is 2.72. The molecule has 2 rings (SSSR count). The summed E-state index contributed by atoms with van der Waals surface area (Å²) in [5, 5.41) is 0. The van der Waals surface area contributed by atoms with Crippen LogP contribution in [0.3, 0.4) is 0 Å². The predicted octanol–water partition coefficient (Wildman–Crippen LogP) is 2.29. The minimum absolute atomic E-state index is 0.793. The standard InChI is InChI=1S/C13H19NO/c14-8-2-1-4-11-6-7-12-5-3-9-15-13(12)10-11/h6-7,10H,1-5,8-9,14H2. The molecule has 1 aromatic rings. The van der Waals surface area contributed by atoms with E-state index in [1.165, 1.54) is 24.0 Å². The first kappa shape index (κ1) is 10.5. The molecule has 0 spiro atoms. The summed E-state index contributed by atoms with van der Waals surface area (Å²) in [5.74, 6) is 1.10. The van der Waals surface area contributed by atoms with Gasteiger partial charge in [0.1, 0.15) is 5.75 Å². The Kier molecular flexibility index (Phi) is 3.62. The molecule has 0 saturated carbocycles. The second-order valence-corrected chi connectivity index (χ2v) is 4.14. The zero-order valence-corrected chi connectivity index (χ0v) is 9.17. The van der Waals surface area contributed by atoms with Crippen molar-refractivity contribution in [2.45, 2.75) is 32.1 Å². The van der Waals surface area contributed by atoms with Crippen LogP contribution in [-0.4, -0.2) is 13.2 Å². The van der Waals surface area contributed by atoms with Gasteiger partial charge in [-0.25, -0.2) is 0 Å². The SMILES string of the molecule is NCCCCc1ccc2c(c1)OCCC2. The van der Waals surface area contributed by atoms with E-state index >= 15 is 0 Å². The molecule has 2 N–H and O–H groups in total. The van der Waals surface area contributed by atoms with Gasteiger partial charge in [-0.15, -0.1) is 0 Å². The third-order valence-corrected chi connectivity index (χ3v) is 2.90. The van der Waals surface area contributed by atoms with Gasteiger partial charge in [0.2, 0.25) is 0 Å². The Bertz CT molecular complexity index is 322. The molecule has 0 aliphatic carbocycles. The summed E-state index contributed by atoms with van der Waals surface area (Å²) in [6.45, 7) is 1.67. The van der Waals surface area contributed by atoms with Gasteiger partial charge in [0.25, 0.3) is 0 Å². The van der Waals surface area contributed by atoms with Crippen molar-refractivity contribution in [2.24, 2.45) is 5.73 Å². The quantitative estimate of drug-likeness (QED) is 0.765. The lowest BCUT2D eigenvalue weighted by molar-refractivity contribution is 0.288. The van der Waals surface area contributed by atoms with Crippen LogP contribution in [0.1, 0.15) is 30.4 Å². The molecule has 82 valence electrons. The fraction of sp³-hybridized carbons (Fsp3) is 0.538. The number of hydrogen-bond acceptors (Lipinski definition) is 2. The van der Waals surface area contributed by atoms with Crippen molar-refractivity contribution in [3.05, 3.63) is 29.3 Å². The van der Waals surface area contributed by atoms with Crippen molar-refractivity contribution in [1.29, 1.82) is 0 Å². The highest BCUT2D eigenvalue weighted by Gasteiger charge is 2.09. The molecule has 0 atom stereocenters. The number of rotatable bonds is 4. The van der Waals surface area contributed by atoms with Gasteiger partial charge in [-0.3, -0.25) is 0 Å². The molecule has 1 aliphatic heterocycles. The van der Waals surface area contributed by atoms with Gasteiger partial charge in [-0.05, 0) is 55.8 Å². The number of fused-ring (bicyclic) bond motifs is 1. The van der Waals surface area contributed by atoms with Gasteiger partial charge in [0, 0.05) is 0 Å². The fourth-order valence-corrected chi connectivity index (χ4v) is 2.01. The van der Waals surface area contributed by atoms with Crippen LogP contribution in [0.25, 0.3) is 0 Å². The van der Waals surface area contributed by atoms with E-state index in [2.05, 4.69) is 18.2 Å². The van der Waals surface area contributed by atoms with Crippen molar-refractivity contribution in [3.63, 3.8) is 0 Å². The zero-order chi connectivity index (χ0) is 10.5. The Morgan fingerprint density at radius 1 is 1.27 bits per heavy atom. The topological polar surface area (TPSA) is 35.2 Å². The van der Waals surface area contributed by atoms with Crippen LogP contribution in [0.2, 0.25) is 0 Å². The highest BCUT2D eigenvalue weighted by atomic mass is 16.5. The van der Waals surface area contributed by atoms with E-state index in [-0.39, 0.29) is 0 Å². The molecule has 2 nitrogen and oxygen atoms in total. The molecular formula is C13H19NO. The van der Waals surface area contributed by atoms with E-state index < -0.39 is 0 Å². The van der Waals surface area contributed by atoms with Crippen LogP contribution >= 0.6 is 0 Å². The maximum atomic E-state index is 5.65. The predicted molar refractivity (Wildman–Crippen MR) is 62.3 cm³/mol. The maximum absolute atomic E-state index is 5.65. The van der Waals surface area contributed by atoms with Crippen molar-refractivity contribution < 1.29 is 4.74 Å². The lowest BCUT2D eigenvalue weighted by Gasteiger charge is -2.17. The summed E-state index contributed by atoms with van der Waals surface area (Å²) in [6.07, 6.45) is 5.72. The van der Waals surface area contributed by atoms with Gasteiger partial charge >= 0.3 is 0 Å². The lowest BCUT2D eigenvalue weighted by Crippen LogP contribution is -2.08. The van der Waals surface area contributed by atoms with E-state index in [1.54, 1.807) is 0 Å². The molecule has 0 bridgehead atoms. The Morgan fingerprint density at radius 3 is 3.07 bits per heavy atom. The van der Waals surface area contributed by atoms with E-state index in [4.69, 9.17) is 10.5 Å². The largest absolute Gasteiger partial charge is 0.493 e. The lowest BCUT2D eigenvalue weighted by atomic mass is 10.0. The summed E-state index contributed by atoms with van der Waals surface area (Å²) >= 11 is 0. The highest BCUT2D eigenvalue weighted by molar-refractivity contribution is 5.38. The number of ether oxygens (including phenoxy) is 1. The Balaban J connectivity index is 2.00. The highest BCUT2D eigenvalue weighted by Crippen LogP contribution is 2.26. The van der Waals surface area contributed by atoms with Gasteiger partial charge in [-0.2, -0.15) is 0 Å². The van der Waals surface area contributed by atoms with Crippen LogP contribution in [0, 0.1) is 0 Å². The maximum Gasteiger partial charge on any atom is 0.122 e. The Morgan fingerprint density at radius 2 is 2.20 bits per heavy atom. The molecule has 1 aromatic carbocycles. The fourth-order valence-electron chi connectivity index (χ4n) is 2.01. The number of unbranched alkanes of at least 4 members (excludes halogenated alkanes) is 1. The second-order valence-electron chi connectivity index (χ2n) is 4.14. The van der Waals surface area contributed by atoms with Gasteiger partial charge < -0.3 is 10.5 Å². The number of hydrogen-bond donors (Lipinski definition) is 1. The van der Waals surface area contributed by atoms with Crippen molar-refractivity contribution in [1.82, 2.24) is 0 Å². The molecule has 0 amide bonds. The monoisotopic (exact) mass is 205 g/mol. The molecule has 1 heterocycles. The Labute approximate surface area is 91.4 Å². The summed E-state index contributed by atoms with van der Waals surface area (Å²) in [4.78, 5) is 0. The first-order chi connectivity index (χ1) is 7.40. The molecule has 0 saturated heterocycles. The van der Waals surface area contributed by atoms with Crippen molar-refractivity contribution in [3.8, 4) is 5.75 Å². The molecule has 0 aromatic heterocycles. The van der Waals surface area contributed by atoms with E-state index in [0.29, 0.717) is 0 Å². The second kappa shape index (κ2) is 5.17. The van der Waals surface area contributed by atoms with E-state index in [0.717, 1.165) is 38.2 Å².